The van der Waals surface area contributed by atoms with Crippen molar-refractivity contribution in [2.75, 3.05) is 14.1 Å². The minimum Gasteiger partial charge on any atom is -0.510 e. The number of hydrogen-bond donors (Lipinski definition) is 6. The molecule has 1 unspecified atom stereocenters. The Kier molecular flexibility index (Phi) is 6.41. The van der Waals surface area contributed by atoms with Gasteiger partial charge >= 0.3 is 0 Å². The number of phenolic OH excluding ortho intramolecular Hbond substituents is 1. The molecule has 0 bridgehead atoms. The van der Waals surface area contributed by atoms with Gasteiger partial charge in [-0.1, -0.05) is 13.0 Å². The fraction of sp³-hybridized carbons (Fsp3) is 0.462. The Hall–Kier alpha value is -3.70. The van der Waals surface area contributed by atoms with Crippen LogP contribution in [0.1, 0.15) is 47.3 Å². The average Bonchev–Trinajstić information content (AvgIpc) is 2.80. The maximum absolute atomic E-state index is 13.8. The molecular weight excluding hydrogens is 482 g/mol. The molecule has 7 N–H and O–H groups in total. The molecule has 0 fully saturated rings. The molecule has 3 aliphatic rings. The summed E-state index contributed by atoms with van der Waals surface area (Å²) >= 11 is 0. The Morgan fingerprint density at radius 2 is 1.84 bits per heavy atom. The predicted molar refractivity (Wildman–Crippen MR) is 131 cm³/mol. The number of fused-ring (bicyclic) bond motifs is 3. The number of carbonyl (C=O) groups excluding carboxylic acids is 4. The molecule has 3 aliphatic carbocycles. The van der Waals surface area contributed by atoms with Crippen LogP contribution in [-0.2, 0) is 33.8 Å². The lowest BCUT2D eigenvalue weighted by Gasteiger charge is -2.50. The van der Waals surface area contributed by atoms with Gasteiger partial charge in [0.25, 0.3) is 5.91 Å². The first-order valence-electron chi connectivity index (χ1n) is 12.0. The van der Waals surface area contributed by atoms with Gasteiger partial charge < -0.3 is 31.5 Å². The van der Waals surface area contributed by atoms with Gasteiger partial charge in [0.1, 0.15) is 22.8 Å². The van der Waals surface area contributed by atoms with Crippen molar-refractivity contribution in [2.24, 2.45) is 17.6 Å². The maximum atomic E-state index is 13.8. The number of phenols is 1. The number of likely N-dealkylation sites (N-methyl/N-ethyl adjacent to an activating group) is 1. The third kappa shape index (κ3) is 3.72. The van der Waals surface area contributed by atoms with E-state index in [4.69, 9.17) is 5.73 Å². The van der Waals surface area contributed by atoms with E-state index in [0.29, 0.717) is 17.5 Å². The van der Waals surface area contributed by atoms with E-state index >= 15 is 0 Å². The number of carbonyl (C=O) groups is 4. The highest BCUT2D eigenvalue weighted by Gasteiger charge is 2.63. The quantitative estimate of drug-likeness (QED) is 0.301. The summed E-state index contributed by atoms with van der Waals surface area (Å²) in [6.07, 6.45) is 0.785. The summed E-state index contributed by atoms with van der Waals surface area (Å²) in [4.78, 5) is 52.1. The lowest BCUT2D eigenvalue weighted by atomic mass is 9.58. The van der Waals surface area contributed by atoms with E-state index < -0.39 is 58.0 Å². The highest BCUT2D eigenvalue weighted by molar-refractivity contribution is 6.24. The summed E-state index contributed by atoms with van der Waals surface area (Å²) in [6, 6.07) is 0.690. The van der Waals surface area contributed by atoms with E-state index in [1.54, 1.807) is 20.2 Å². The fourth-order valence-electron chi connectivity index (χ4n) is 6.13. The molecule has 11 heteroatoms. The van der Waals surface area contributed by atoms with E-state index in [1.165, 1.54) is 11.8 Å². The topological polar surface area (TPSA) is 190 Å². The number of rotatable bonds is 5. The van der Waals surface area contributed by atoms with E-state index in [2.05, 4.69) is 5.32 Å². The van der Waals surface area contributed by atoms with Gasteiger partial charge in [-0.15, -0.1) is 0 Å². The molecule has 0 spiro atoms. The van der Waals surface area contributed by atoms with Crippen molar-refractivity contribution in [2.45, 2.75) is 51.3 Å². The fourth-order valence-corrected chi connectivity index (χ4v) is 6.13. The lowest BCUT2D eigenvalue weighted by Crippen LogP contribution is -2.63. The summed E-state index contributed by atoms with van der Waals surface area (Å²) in [6.45, 7) is 3.19. The number of nitrogens with one attached hydrogen (secondary N) is 1. The van der Waals surface area contributed by atoms with Crippen LogP contribution in [0.5, 0.6) is 5.75 Å². The molecule has 37 heavy (non-hydrogen) atoms. The third-order valence-corrected chi connectivity index (χ3v) is 7.80. The SMILES string of the molecule is CCc1cc(CNC(C)=O)c(O)c2c1C[C@H]1C[C@H]3C(N(C)C)C(O)=C(C(N)=O)C(=O)[C@@]3(O)C(O)=C1C2=O. The van der Waals surface area contributed by atoms with Crippen LogP contribution in [0.3, 0.4) is 0 Å². The van der Waals surface area contributed by atoms with E-state index in [-0.39, 0.29) is 42.2 Å². The van der Waals surface area contributed by atoms with Crippen molar-refractivity contribution < 1.29 is 39.6 Å². The predicted octanol–water partition coefficient (Wildman–Crippen LogP) is 0.319. The summed E-state index contributed by atoms with van der Waals surface area (Å²) in [5, 5.41) is 47.4. The van der Waals surface area contributed by atoms with Gasteiger partial charge in [-0.2, -0.15) is 0 Å². The minimum atomic E-state index is -2.68. The van der Waals surface area contributed by atoms with Crippen LogP contribution in [0, 0.1) is 11.8 Å². The number of allylic oxidation sites excluding steroid dienone is 1. The molecule has 11 nitrogen and oxygen atoms in total. The van der Waals surface area contributed by atoms with E-state index in [9.17, 15) is 39.6 Å². The Bertz CT molecular complexity index is 1310. The first-order valence-corrected chi connectivity index (χ1v) is 12.0. The average molecular weight is 514 g/mol. The number of aliphatic hydroxyl groups excluding tert-OH is 2. The van der Waals surface area contributed by atoms with Gasteiger partial charge in [0, 0.05) is 30.5 Å². The van der Waals surface area contributed by atoms with Gasteiger partial charge in [-0.05, 0) is 50.4 Å². The lowest BCUT2D eigenvalue weighted by molar-refractivity contribution is -0.148. The number of primary amides is 1. The zero-order chi connectivity index (χ0) is 27.6. The standard InChI is InChI=1S/C26H31N3O8/c1-5-11-6-13(9-28-10(2)30)20(31)17-14(11)7-12-8-15-19(29(3)4)22(33)18(25(27)36)24(35)26(15,37)23(34)16(12)21(17)32/h6,12,15,19,31,33-34,37H,5,7-9H2,1-4H3,(H2,27,36)(H,28,30)/t12-,15-,19?,26-/m0/s1. The molecule has 0 heterocycles. The highest BCUT2D eigenvalue weighted by atomic mass is 16.3. The zero-order valence-electron chi connectivity index (χ0n) is 21.1. The maximum Gasteiger partial charge on any atom is 0.255 e. The van der Waals surface area contributed by atoms with Gasteiger partial charge in [-0.25, -0.2) is 0 Å². The molecule has 0 radical (unpaired) electrons. The number of aromatic hydroxyl groups is 1. The summed E-state index contributed by atoms with van der Waals surface area (Å²) in [5.41, 5.74) is 3.23. The van der Waals surface area contributed by atoms with Gasteiger partial charge in [0.2, 0.25) is 11.7 Å². The molecule has 0 saturated heterocycles. The molecule has 1 aromatic carbocycles. The summed E-state index contributed by atoms with van der Waals surface area (Å²) in [7, 11) is 3.16. The molecule has 4 atom stereocenters. The molecule has 2 amide bonds. The largest absolute Gasteiger partial charge is 0.510 e. The minimum absolute atomic E-state index is 0.0236. The highest BCUT2D eigenvalue weighted by Crippen LogP contribution is 2.52. The molecule has 0 aromatic heterocycles. The number of benzene rings is 1. The molecule has 198 valence electrons. The monoisotopic (exact) mass is 513 g/mol. The first kappa shape index (κ1) is 26.4. The van der Waals surface area contributed by atoms with Crippen LogP contribution in [0.4, 0.5) is 0 Å². The summed E-state index contributed by atoms with van der Waals surface area (Å²) in [5.74, 6) is -7.18. The molecule has 1 aromatic rings. The number of hydrogen-bond acceptors (Lipinski definition) is 9. The number of nitrogens with zero attached hydrogens (tertiary/aromatic N) is 1. The van der Waals surface area contributed by atoms with Crippen molar-refractivity contribution in [3.8, 4) is 5.75 Å². The molecule has 0 saturated carbocycles. The molecule has 4 rings (SSSR count). The van der Waals surface area contributed by atoms with E-state index in [0.717, 1.165) is 5.56 Å². The van der Waals surface area contributed by atoms with Crippen molar-refractivity contribution in [1.82, 2.24) is 10.2 Å². The van der Waals surface area contributed by atoms with Crippen molar-refractivity contribution >= 4 is 23.4 Å². The smallest absolute Gasteiger partial charge is 0.255 e. The van der Waals surface area contributed by atoms with Crippen LogP contribution in [0.2, 0.25) is 0 Å². The number of aliphatic hydroxyl groups is 3. The number of amides is 2. The van der Waals surface area contributed by atoms with Gasteiger partial charge in [0.15, 0.2) is 11.4 Å². The Morgan fingerprint density at radius 3 is 2.38 bits per heavy atom. The summed E-state index contributed by atoms with van der Waals surface area (Å²) < 4.78 is 0. The number of nitrogens with two attached hydrogens (primary N) is 1. The zero-order valence-corrected chi connectivity index (χ0v) is 21.1. The van der Waals surface area contributed by atoms with Crippen LogP contribution in [0.15, 0.2) is 28.7 Å². The van der Waals surface area contributed by atoms with Gasteiger partial charge in [0.05, 0.1) is 11.6 Å². The van der Waals surface area contributed by atoms with Crippen LogP contribution < -0.4 is 11.1 Å². The number of Topliss-reactive ketones (excluding diaryl/α,β-unsaturated/α-hetero) is 2. The van der Waals surface area contributed by atoms with Crippen molar-refractivity contribution in [3.63, 3.8) is 0 Å². The molecule has 0 aliphatic heterocycles. The second-order valence-electron chi connectivity index (χ2n) is 10.1. The Morgan fingerprint density at radius 1 is 1.19 bits per heavy atom. The first-order chi connectivity index (χ1) is 17.3. The van der Waals surface area contributed by atoms with Crippen LogP contribution in [0.25, 0.3) is 0 Å². The number of aryl methyl sites for hydroxylation is 1. The number of ketones is 2. The second kappa shape index (κ2) is 9.00. The van der Waals surface area contributed by atoms with E-state index in [1.807, 2.05) is 6.92 Å². The van der Waals surface area contributed by atoms with Crippen LogP contribution >= 0.6 is 0 Å². The Balaban J connectivity index is 1.93. The second-order valence-corrected chi connectivity index (χ2v) is 10.1. The third-order valence-electron chi connectivity index (χ3n) is 7.80. The normalized spacial score (nSPS) is 27.1. The van der Waals surface area contributed by atoms with Crippen LogP contribution in [-0.4, -0.2) is 74.4 Å². The Labute approximate surface area is 213 Å². The van der Waals surface area contributed by atoms with Crippen molar-refractivity contribution in [3.05, 3.63) is 51.0 Å². The molecular formula is C26H31N3O8. The van der Waals surface area contributed by atoms with Gasteiger partial charge in [-0.3, -0.25) is 24.1 Å². The van der Waals surface area contributed by atoms with Crippen molar-refractivity contribution in [1.29, 1.82) is 0 Å².